The number of ether oxygens (including phenoxy) is 2. The first-order valence-corrected chi connectivity index (χ1v) is 10.1. The van der Waals surface area contributed by atoms with Crippen molar-refractivity contribution in [2.45, 2.75) is 25.2 Å². The van der Waals surface area contributed by atoms with Crippen LogP contribution in [0.2, 0.25) is 0 Å². The molecule has 6 rings (SSSR count). The van der Waals surface area contributed by atoms with Gasteiger partial charge in [0.25, 0.3) is 0 Å². The topological polar surface area (TPSA) is 91.8 Å². The molecule has 2 aliphatic rings. The van der Waals surface area contributed by atoms with Crippen molar-refractivity contribution in [3.05, 3.63) is 71.6 Å². The summed E-state index contributed by atoms with van der Waals surface area (Å²) in [5.74, 6) is 2.74. The van der Waals surface area contributed by atoms with Gasteiger partial charge in [-0.15, -0.1) is 5.10 Å². The number of Topliss-reactive ketones (excluding diaryl/α,β-unsaturated/α-hetero) is 1. The number of furan rings is 1. The summed E-state index contributed by atoms with van der Waals surface area (Å²) in [6.07, 6.45) is 5.16. The SMILES string of the molecule is COc1ccc(-c2nc3c4c(ncn3n2)OC2=C(C(=O)CCC2)C4c2ccco2)cc1. The Bertz CT molecular complexity index is 1340. The second-order valence-electron chi connectivity index (χ2n) is 7.56. The van der Waals surface area contributed by atoms with Crippen LogP contribution in [0.4, 0.5) is 0 Å². The lowest BCUT2D eigenvalue weighted by molar-refractivity contribution is -0.116. The summed E-state index contributed by atoms with van der Waals surface area (Å²) in [5.41, 5.74) is 2.76. The lowest BCUT2D eigenvalue weighted by Gasteiger charge is -2.30. The third-order valence-electron chi connectivity index (χ3n) is 5.77. The van der Waals surface area contributed by atoms with Gasteiger partial charge in [-0.2, -0.15) is 0 Å². The number of carbonyl (C=O) groups excluding carboxylic acids is 1. The molecule has 1 aromatic carbocycles. The Morgan fingerprint density at radius 3 is 2.81 bits per heavy atom. The lowest BCUT2D eigenvalue weighted by atomic mass is 9.80. The Hall–Kier alpha value is -3.94. The van der Waals surface area contributed by atoms with Crippen molar-refractivity contribution in [1.29, 1.82) is 0 Å². The molecule has 1 atom stereocenters. The standard InChI is InChI=1S/C23H18N4O4/c1-29-14-9-7-13(8-10-14)21-25-22-20-19(16-6-3-11-30-16)18-15(28)4-2-5-17(18)31-23(20)24-12-27(22)26-21/h3,6-12,19H,2,4-5H2,1H3. The highest BCUT2D eigenvalue weighted by molar-refractivity contribution is 5.99. The first-order valence-electron chi connectivity index (χ1n) is 10.1. The molecule has 4 aromatic rings. The normalized spacial score (nSPS) is 18.0. The molecule has 154 valence electrons. The molecule has 31 heavy (non-hydrogen) atoms. The first-order chi connectivity index (χ1) is 15.2. The zero-order chi connectivity index (χ0) is 20.9. The monoisotopic (exact) mass is 414 g/mol. The Balaban J connectivity index is 1.56. The number of ketones is 1. The van der Waals surface area contributed by atoms with Gasteiger partial charge in [0.1, 0.15) is 23.6 Å². The number of benzene rings is 1. The van der Waals surface area contributed by atoms with E-state index in [4.69, 9.17) is 18.9 Å². The van der Waals surface area contributed by atoms with E-state index in [0.29, 0.717) is 52.8 Å². The molecule has 0 N–H and O–H groups in total. The van der Waals surface area contributed by atoms with Crippen LogP contribution in [0.5, 0.6) is 11.6 Å². The van der Waals surface area contributed by atoms with Crippen LogP contribution in [0.1, 0.15) is 36.5 Å². The molecule has 0 bridgehead atoms. The van der Waals surface area contributed by atoms with Crippen molar-refractivity contribution < 1.29 is 18.7 Å². The first kappa shape index (κ1) is 17.9. The molecule has 0 spiro atoms. The average Bonchev–Trinajstić information content (AvgIpc) is 3.48. The van der Waals surface area contributed by atoms with Gasteiger partial charge in [-0.05, 0) is 42.8 Å². The van der Waals surface area contributed by atoms with Crippen LogP contribution in [0.3, 0.4) is 0 Å². The van der Waals surface area contributed by atoms with Gasteiger partial charge in [0.15, 0.2) is 17.3 Å². The van der Waals surface area contributed by atoms with Gasteiger partial charge in [-0.3, -0.25) is 4.79 Å². The Morgan fingerprint density at radius 1 is 1.16 bits per heavy atom. The van der Waals surface area contributed by atoms with E-state index in [1.807, 2.05) is 36.4 Å². The largest absolute Gasteiger partial charge is 0.497 e. The molecule has 1 aliphatic heterocycles. The minimum atomic E-state index is -0.425. The second-order valence-corrected chi connectivity index (χ2v) is 7.56. The fourth-order valence-corrected chi connectivity index (χ4v) is 4.32. The van der Waals surface area contributed by atoms with E-state index in [1.165, 1.54) is 0 Å². The lowest BCUT2D eigenvalue weighted by Crippen LogP contribution is -2.26. The Labute approximate surface area is 177 Å². The molecule has 4 heterocycles. The van der Waals surface area contributed by atoms with E-state index in [0.717, 1.165) is 17.7 Å². The highest BCUT2D eigenvalue weighted by Gasteiger charge is 2.40. The fraction of sp³-hybridized carbons (Fsp3) is 0.217. The molecule has 0 amide bonds. The minimum Gasteiger partial charge on any atom is -0.497 e. The number of methoxy groups -OCH3 is 1. The van der Waals surface area contributed by atoms with E-state index in [9.17, 15) is 4.79 Å². The molecule has 0 saturated heterocycles. The van der Waals surface area contributed by atoms with E-state index in [1.54, 1.807) is 24.2 Å². The van der Waals surface area contributed by atoms with Gasteiger partial charge in [-0.1, -0.05) is 0 Å². The zero-order valence-corrected chi connectivity index (χ0v) is 16.7. The van der Waals surface area contributed by atoms with Gasteiger partial charge in [0.2, 0.25) is 5.88 Å². The molecular formula is C23H18N4O4. The highest BCUT2D eigenvalue weighted by atomic mass is 16.5. The molecule has 8 heteroatoms. The van der Waals surface area contributed by atoms with E-state index in [-0.39, 0.29) is 5.78 Å². The molecule has 0 fully saturated rings. The second kappa shape index (κ2) is 6.80. The molecule has 1 unspecified atom stereocenters. The number of hydrogen-bond acceptors (Lipinski definition) is 7. The van der Waals surface area contributed by atoms with Crippen molar-refractivity contribution in [3.63, 3.8) is 0 Å². The maximum Gasteiger partial charge on any atom is 0.228 e. The summed E-state index contributed by atoms with van der Waals surface area (Å²) in [4.78, 5) is 22.2. The number of rotatable bonds is 3. The van der Waals surface area contributed by atoms with Crippen LogP contribution in [-0.4, -0.2) is 32.5 Å². The third-order valence-corrected chi connectivity index (χ3v) is 5.77. The minimum absolute atomic E-state index is 0.0743. The van der Waals surface area contributed by atoms with Gasteiger partial charge in [0, 0.05) is 24.0 Å². The zero-order valence-electron chi connectivity index (χ0n) is 16.7. The summed E-state index contributed by atoms with van der Waals surface area (Å²) in [7, 11) is 1.63. The van der Waals surface area contributed by atoms with Crippen LogP contribution in [0.25, 0.3) is 17.0 Å². The summed E-state index contributed by atoms with van der Waals surface area (Å²) in [6.45, 7) is 0. The van der Waals surface area contributed by atoms with Gasteiger partial charge < -0.3 is 13.9 Å². The number of nitrogens with zero attached hydrogens (tertiary/aromatic N) is 4. The number of allylic oxidation sites excluding steroid dienone is 2. The van der Waals surface area contributed by atoms with Crippen molar-refractivity contribution in [2.75, 3.05) is 7.11 Å². The number of hydrogen-bond donors (Lipinski definition) is 0. The molecule has 0 radical (unpaired) electrons. The van der Waals surface area contributed by atoms with Gasteiger partial charge in [0.05, 0.1) is 24.9 Å². The molecule has 1 aliphatic carbocycles. The van der Waals surface area contributed by atoms with Crippen molar-refractivity contribution >= 4 is 11.4 Å². The van der Waals surface area contributed by atoms with Crippen molar-refractivity contribution in [3.8, 4) is 23.0 Å². The number of carbonyl (C=O) groups is 1. The number of fused-ring (bicyclic) bond motifs is 3. The molecule has 0 saturated carbocycles. The summed E-state index contributed by atoms with van der Waals surface area (Å²) in [6, 6.07) is 11.2. The third kappa shape index (κ3) is 2.75. The van der Waals surface area contributed by atoms with Crippen LogP contribution < -0.4 is 9.47 Å². The van der Waals surface area contributed by atoms with Gasteiger partial charge >= 0.3 is 0 Å². The van der Waals surface area contributed by atoms with E-state index < -0.39 is 5.92 Å². The predicted molar refractivity (Wildman–Crippen MR) is 110 cm³/mol. The highest BCUT2D eigenvalue weighted by Crippen LogP contribution is 2.47. The van der Waals surface area contributed by atoms with Crippen LogP contribution >= 0.6 is 0 Å². The predicted octanol–water partition coefficient (Wildman–Crippen LogP) is 3.92. The fourth-order valence-electron chi connectivity index (χ4n) is 4.32. The quantitative estimate of drug-likeness (QED) is 0.502. The van der Waals surface area contributed by atoms with Crippen LogP contribution in [0.15, 0.2) is 64.7 Å². The summed E-state index contributed by atoms with van der Waals surface area (Å²) in [5, 5.41) is 4.60. The van der Waals surface area contributed by atoms with Crippen LogP contribution in [0, 0.1) is 0 Å². The summed E-state index contributed by atoms with van der Waals surface area (Å²) < 4.78 is 18.7. The average molecular weight is 414 g/mol. The molecular weight excluding hydrogens is 396 g/mol. The van der Waals surface area contributed by atoms with E-state index >= 15 is 0 Å². The van der Waals surface area contributed by atoms with Crippen molar-refractivity contribution in [1.82, 2.24) is 19.6 Å². The van der Waals surface area contributed by atoms with Gasteiger partial charge in [-0.25, -0.2) is 14.5 Å². The smallest absolute Gasteiger partial charge is 0.228 e. The van der Waals surface area contributed by atoms with Crippen LogP contribution in [-0.2, 0) is 4.79 Å². The van der Waals surface area contributed by atoms with Crippen molar-refractivity contribution in [2.24, 2.45) is 0 Å². The molecule has 8 nitrogen and oxygen atoms in total. The Morgan fingerprint density at radius 2 is 2.03 bits per heavy atom. The Kier molecular flexibility index (Phi) is 3.92. The maximum atomic E-state index is 12.9. The maximum absolute atomic E-state index is 12.9. The molecule has 3 aromatic heterocycles. The summed E-state index contributed by atoms with van der Waals surface area (Å²) >= 11 is 0. The van der Waals surface area contributed by atoms with E-state index in [2.05, 4.69) is 10.1 Å². The number of aromatic nitrogens is 4.